The van der Waals surface area contributed by atoms with Crippen molar-refractivity contribution in [2.75, 3.05) is 5.32 Å². The predicted octanol–water partition coefficient (Wildman–Crippen LogP) is 0.109. The van der Waals surface area contributed by atoms with E-state index in [0.29, 0.717) is 0 Å². The predicted molar refractivity (Wildman–Crippen MR) is 69.2 cm³/mol. The molecule has 0 bridgehead atoms. The number of anilines is 2. The Morgan fingerprint density at radius 1 is 0.952 bits per heavy atom. The molecule has 21 heavy (non-hydrogen) atoms. The number of hydrogen-bond donors (Lipinski definition) is 3. The summed E-state index contributed by atoms with van der Waals surface area (Å²) in [7, 11) is -9.12. The van der Waals surface area contributed by atoms with Crippen LogP contribution in [0.25, 0.3) is 0 Å². The summed E-state index contributed by atoms with van der Waals surface area (Å²) in [5.74, 6) is -0.325. The second-order valence-corrected chi connectivity index (χ2v) is 6.37. The molecule has 1 aromatic heterocycles. The van der Waals surface area contributed by atoms with Gasteiger partial charge in [0.2, 0.25) is 5.95 Å². The van der Waals surface area contributed by atoms with Crippen LogP contribution in [0.15, 0.2) is 40.6 Å². The highest BCUT2D eigenvalue weighted by Crippen LogP contribution is 2.22. The van der Waals surface area contributed by atoms with Crippen LogP contribution in [-0.4, -0.2) is 40.9 Å². The molecule has 0 fully saturated rings. The summed E-state index contributed by atoms with van der Waals surface area (Å²) >= 11 is 0. The Balaban J connectivity index is 2.45. The SMILES string of the molecule is O=S(=O)(O)c1ncnc(Nc2ccccc2S(=O)(=O)O)n1. The average molecular weight is 332 g/mol. The van der Waals surface area contributed by atoms with Crippen molar-refractivity contribution >= 4 is 31.9 Å². The van der Waals surface area contributed by atoms with E-state index < -0.39 is 30.3 Å². The Morgan fingerprint density at radius 2 is 1.62 bits per heavy atom. The van der Waals surface area contributed by atoms with Crippen LogP contribution in [0.4, 0.5) is 11.6 Å². The molecule has 0 saturated carbocycles. The Labute approximate surface area is 119 Å². The summed E-state index contributed by atoms with van der Waals surface area (Å²) in [6.45, 7) is 0. The number of para-hydroxylation sites is 1. The first-order valence-corrected chi connectivity index (χ1v) is 8.06. The van der Waals surface area contributed by atoms with Gasteiger partial charge in [-0.1, -0.05) is 12.1 Å². The second kappa shape index (κ2) is 5.33. The van der Waals surface area contributed by atoms with Crippen LogP contribution in [0.2, 0.25) is 0 Å². The van der Waals surface area contributed by atoms with Gasteiger partial charge in [-0.2, -0.15) is 21.8 Å². The van der Waals surface area contributed by atoms with Crippen LogP contribution in [0.5, 0.6) is 0 Å². The Bertz CT molecular complexity index is 881. The smallest absolute Gasteiger partial charge is 0.323 e. The Hall–Kier alpha value is -2.15. The normalized spacial score (nSPS) is 12.1. The molecule has 0 amide bonds. The third kappa shape index (κ3) is 3.69. The van der Waals surface area contributed by atoms with E-state index in [1.54, 1.807) is 0 Å². The van der Waals surface area contributed by atoms with Gasteiger partial charge < -0.3 is 5.32 Å². The molecular formula is C9H8N4O6S2. The summed E-state index contributed by atoms with van der Waals surface area (Å²) in [6.07, 6.45) is 0.814. The van der Waals surface area contributed by atoms with Crippen molar-refractivity contribution < 1.29 is 25.9 Å². The number of nitrogens with one attached hydrogen (secondary N) is 1. The minimum absolute atomic E-state index is 0.0764. The van der Waals surface area contributed by atoms with Crippen LogP contribution in [0.3, 0.4) is 0 Å². The van der Waals surface area contributed by atoms with Gasteiger partial charge in [0.1, 0.15) is 11.2 Å². The second-order valence-electron chi connectivity index (χ2n) is 3.66. The van der Waals surface area contributed by atoms with Crippen LogP contribution in [0, 0.1) is 0 Å². The number of hydrogen-bond acceptors (Lipinski definition) is 8. The third-order valence-electron chi connectivity index (χ3n) is 2.19. The number of benzene rings is 1. The molecule has 0 radical (unpaired) electrons. The third-order valence-corrected chi connectivity index (χ3v) is 3.76. The number of aromatic nitrogens is 3. The van der Waals surface area contributed by atoms with Crippen molar-refractivity contribution in [2.45, 2.75) is 10.1 Å². The molecule has 2 aromatic rings. The molecule has 0 aliphatic rings. The summed E-state index contributed by atoms with van der Waals surface area (Å²) in [5, 5.41) is 1.52. The van der Waals surface area contributed by atoms with Gasteiger partial charge in [0.15, 0.2) is 0 Å². The molecule has 0 aliphatic heterocycles. The van der Waals surface area contributed by atoms with Gasteiger partial charge in [-0.3, -0.25) is 9.11 Å². The van der Waals surface area contributed by atoms with Crippen LogP contribution >= 0.6 is 0 Å². The van der Waals surface area contributed by atoms with Gasteiger partial charge in [-0.15, -0.1) is 0 Å². The molecule has 1 heterocycles. The van der Waals surface area contributed by atoms with Gasteiger partial charge in [0.25, 0.3) is 15.3 Å². The monoisotopic (exact) mass is 332 g/mol. The molecule has 112 valence electrons. The average Bonchev–Trinajstić information content (AvgIpc) is 2.37. The lowest BCUT2D eigenvalue weighted by Gasteiger charge is -2.08. The van der Waals surface area contributed by atoms with Crippen molar-refractivity contribution in [3.05, 3.63) is 30.6 Å². The first kappa shape index (κ1) is 15.2. The first-order chi connectivity index (χ1) is 9.68. The number of nitrogens with zero attached hydrogens (tertiary/aromatic N) is 3. The molecule has 0 saturated heterocycles. The van der Waals surface area contributed by atoms with E-state index in [2.05, 4.69) is 20.3 Å². The zero-order valence-corrected chi connectivity index (χ0v) is 11.7. The highest BCUT2D eigenvalue weighted by molar-refractivity contribution is 7.86. The van der Waals surface area contributed by atoms with Crippen LogP contribution in [0.1, 0.15) is 0 Å². The van der Waals surface area contributed by atoms with E-state index in [1.165, 1.54) is 18.2 Å². The molecule has 12 heteroatoms. The Kier molecular flexibility index (Phi) is 3.87. The van der Waals surface area contributed by atoms with Gasteiger partial charge >= 0.3 is 10.1 Å². The molecule has 1 aromatic carbocycles. The van der Waals surface area contributed by atoms with E-state index in [0.717, 1.165) is 12.4 Å². The van der Waals surface area contributed by atoms with Gasteiger partial charge in [0, 0.05) is 0 Å². The van der Waals surface area contributed by atoms with E-state index in [-0.39, 0.29) is 11.6 Å². The first-order valence-electron chi connectivity index (χ1n) is 5.18. The van der Waals surface area contributed by atoms with Crippen molar-refractivity contribution in [1.82, 2.24) is 15.0 Å². The molecule has 10 nitrogen and oxygen atoms in total. The van der Waals surface area contributed by atoms with E-state index in [4.69, 9.17) is 9.11 Å². The van der Waals surface area contributed by atoms with Crippen molar-refractivity contribution in [2.24, 2.45) is 0 Å². The van der Waals surface area contributed by atoms with Crippen LogP contribution < -0.4 is 5.32 Å². The molecule has 0 unspecified atom stereocenters. The summed E-state index contributed by atoms with van der Waals surface area (Å²) in [4.78, 5) is 9.81. The van der Waals surface area contributed by atoms with Crippen LogP contribution in [-0.2, 0) is 20.2 Å². The van der Waals surface area contributed by atoms with Gasteiger partial charge in [-0.05, 0) is 12.1 Å². The van der Waals surface area contributed by atoms with E-state index >= 15 is 0 Å². The lowest BCUT2D eigenvalue weighted by Crippen LogP contribution is -2.09. The maximum Gasteiger partial charge on any atom is 0.330 e. The summed E-state index contributed by atoms with van der Waals surface area (Å²) in [5.41, 5.74) is -0.0764. The largest absolute Gasteiger partial charge is 0.330 e. The Morgan fingerprint density at radius 3 is 2.24 bits per heavy atom. The minimum atomic E-state index is -4.63. The standard InChI is InChI=1S/C9H8N4O6S2/c14-20(15,16)7-4-2-1-3-6(7)12-8-10-5-11-9(13-8)21(17,18)19/h1-5H,(H,14,15,16)(H,17,18,19)(H,10,11,12,13). The maximum absolute atomic E-state index is 11.2. The van der Waals surface area contributed by atoms with E-state index in [9.17, 15) is 16.8 Å². The van der Waals surface area contributed by atoms with Crippen molar-refractivity contribution in [3.63, 3.8) is 0 Å². The molecule has 0 atom stereocenters. The highest BCUT2D eigenvalue weighted by Gasteiger charge is 2.18. The van der Waals surface area contributed by atoms with Crippen molar-refractivity contribution in [3.8, 4) is 0 Å². The zero-order chi connectivity index (χ0) is 15.7. The quantitative estimate of drug-likeness (QED) is 0.655. The fraction of sp³-hybridized carbons (Fsp3) is 0. The highest BCUT2D eigenvalue weighted by atomic mass is 32.2. The fourth-order valence-electron chi connectivity index (χ4n) is 1.38. The molecule has 3 N–H and O–H groups in total. The lowest BCUT2D eigenvalue weighted by atomic mass is 10.3. The summed E-state index contributed by atoms with van der Waals surface area (Å²) < 4.78 is 62.1. The van der Waals surface area contributed by atoms with Crippen molar-refractivity contribution in [1.29, 1.82) is 0 Å². The zero-order valence-electron chi connectivity index (χ0n) is 10.1. The van der Waals surface area contributed by atoms with E-state index in [1.807, 2.05) is 0 Å². The fourth-order valence-corrected chi connectivity index (χ4v) is 2.41. The minimum Gasteiger partial charge on any atom is -0.323 e. The summed E-state index contributed by atoms with van der Waals surface area (Å²) in [6, 6.07) is 5.29. The molecule has 0 aliphatic carbocycles. The number of rotatable bonds is 4. The molecule has 2 rings (SSSR count). The van der Waals surface area contributed by atoms with Gasteiger partial charge in [-0.25, -0.2) is 9.97 Å². The topological polar surface area (TPSA) is 159 Å². The molecular weight excluding hydrogens is 324 g/mol. The molecule has 0 spiro atoms. The maximum atomic E-state index is 11.2. The van der Waals surface area contributed by atoms with Gasteiger partial charge in [0.05, 0.1) is 5.69 Å². The lowest BCUT2D eigenvalue weighted by molar-refractivity contribution is 0.473.